The van der Waals surface area contributed by atoms with Crippen LogP contribution in [0.3, 0.4) is 0 Å². The van der Waals surface area contributed by atoms with E-state index in [-0.39, 0.29) is 11.3 Å². The fraction of sp³-hybridized carbons (Fsp3) is 0.172. The number of amides is 1. The number of carbonyl (C=O) groups is 2. The summed E-state index contributed by atoms with van der Waals surface area (Å²) in [6, 6.07) is 19.6. The first-order valence-electron chi connectivity index (χ1n) is 11.6. The van der Waals surface area contributed by atoms with Crippen molar-refractivity contribution < 1.29 is 19.4 Å². The van der Waals surface area contributed by atoms with Gasteiger partial charge < -0.3 is 14.8 Å². The van der Waals surface area contributed by atoms with Crippen LogP contribution >= 0.6 is 0 Å². The molecule has 0 radical (unpaired) electrons. The van der Waals surface area contributed by atoms with Crippen molar-refractivity contribution in [1.29, 1.82) is 0 Å². The van der Waals surface area contributed by atoms with Crippen LogP contribution in [0.25, 0.3) is 16.7 Å². The van der Waals surface area contributed by atoms with E-state index in [0.29, 0.717) is 23.6 Å². The lowest BCUT2D eigenvalue weighted by atomic mass is 9.94. The Balaban J connectivity index is 1.75. The number of benzene rings is 3. The maximum absolute atomic E-state index is 13.4. The van der Waals surface area contributed by atoms with E-state index in [1.165, 1.54) is 4.90 Å². The van der Waals surface area contributed by atoms with Crippen LogP contribution in [0.2, 0.25) is 0 Å². The Morgan fingerprint density at radius 1 is 1.03 bits per heavy atom. The monoisotopic (exact) mass is 466 g/mol. The zero-order chi connectivity index (χ0) is 24.7. The molecule has 1 aromatic heterocycles. The van der Waals surface area contributed by atoms with Gasteiger partial charge in [-0.1, -0.05) is 30.3 Å². The molecule has 35 heavy (non-hydrogen) atoms. The fourth-order valence-corrected chi connectivity index (χ4v) is 4.76. The topological polar surface area (TPSA) is 82.6 Å². The van der Waals surface area contributed by atoms with E-state index in [0.717, 1.165) is 27.6 Å². The molecule has 176 valence electrons. The Hall–Kier alpha value is -4.32. The molecule has 3 aromatic carbocycles. The number of hydrogen-bond donors (Lipinski definition) is 2. The number of rotatable bonds is 5. The van der Waals surface area contributed by atoms with E-state index < -0.39 is 17.7 Å². The van der Waals surface area contributed by atoms with Crippen molar-refractivity contribution in [3.63, 3.8) is 0 Å². The highest BCUT2D eigenvalue weighted by Crippen LogP contribution is 2.44. The molecule has 0 aliphatic carbocycles. The average molecular weight is 467 g/mol. The highest BCUT2D eigenvalue weighted by Gasteiger charge is 2.47. The summed E-state index contributed by atoms with van der Waals surface area (Å²) in [5.41, 5.74) is 4.53. The fourth-order valence-electron chi connectivity index (χ4n) is 4.76. The van der Waals surface area contributed by atoms with Gasteiger partial charge in [0.1, 0.15) is 11.5 Å². The molecule has 1 unspecified atom stereocenters. The number of fused-ring (bicyclic) bond motifs is 1. The van der Waals surface area contributed by atoms with E-state index >= 15 is 0 Å². The van der Waals surface area contributed by atoms with Gasteiger partial charge in [0.15, 0.2) is 0 Å². The number of ketones is 1. The number of anilines is 1. The largest absolute Gasteiger partial charge is 0.507 e. The molecule has 2 N–H and O–H groups in total. The number of aryl methyl sites for hydroxylation is 2. The zero-order valence-electron chi connectivity index (χ0n) is 19.8. The summed E-state index contributed by atoms with van der Waals surface area (Å²) in [6.07, 6.45) is 1.81. The smallest absolute Gasteiger partial charge is 0.300 e. The van der Waals surface area contributed by atoms with Gasteiger partial charge in [-0.15, -0.1) is 0 Å². The minimum absolute atomic E-state index is 0.0600. The summed E-state index contributed by atoms with van der Waals surface area (Å²) in [7, 11) is 0. The first-order valence-corrected chi connectivity index (χ1v) is 11.6. The molecule has 4 aromatic rings. The maximum Gasteiger partial charge on any atom is 0.300 e. The lowest BCUT2D eigenvalue weighted by Crippen LogP contribution is -2.29. The van der Waals surface area contributed by atoms with Gasteiger partial charge in [-0.25, -0.2) is 0 Å². The van der Waals surface area contributed by atoms with Crippen LogP contribution in [0.15, 0.2) is 78.5 Å². The zero-order valence-corrected chi connectivity index (χ0v) is 19.8. The van der Waals surface area contributed by atoms with E-state index in [1.54, 1.807) is 30.5 Å². The molecule has 5 rings (SSSR count). The van der Waals surface area contributed by atoms with E-state index in [2.05, 4.69) is 4.98 Å². The van der Waals surface area contributed by atoms with E-state index in [9.17, 15) is 14.7 Å². The molecule has 6 nitrogen and oxygen atoms in total. The quantitative estimate of drug-likeness (QED) is 0.221. The minimum Gasteiger partial charge on any atom is -0.507 e. The number of carbonyl (C=O) groups excluding carboxylic acids is 2. The summed E-state index contributed by atoms with van der Waals surface area (Å²) in [5, 5.41) is 12.3. The Morgan fingerprint density at radius 3 is 2.57 bits per heavy atom. The van der Waals surface area contributed by atoms with Gasteiger partial charge in [0.2, 0.25) is 0 Å². The molecule has 0 saturated carbocycles. The van der Waals surface area contributed by atoms with Crippen molar-refractivity contribution in [2.75, 3.05) is 11.5 Å². The molecular formula is C29H26N2O4. The molecule has 2 heterocycles. The van der Waals surface area contributed by atoms with Crippen LogP contribution in [0.4, 0.5) is 5.69 Å². The normalized spacial score (nSPS) is 17.3. The first kappa shape index (κ1) is 22.5. The third kappa shape index (κ3) is 3.77. The summed E-state index contributed by atoms with van der Waals surface area (Å²) < 4.78 is 5.62. The van der Waals surface area contributed by atoms with Crippen LogP contribution < -0.4 is 9.64 Å². The van der Waals surface area contributed by atoms with Crippen LogP contribution in [-0.2, 0) is 9.59 Å². The highest BCUT2D eigenvalue weighted by molar-refractivity contribution is 6.51. The Labute approximate surface area is 203 Å². The second-order valence-corrected chi connectivity index (χ2v) is 8.71. The van der Waals surface area contributed by atoms with Crippen molar-refractivity contribution in [2.45, 2.75) is 26.8 Å². The van der Waals surface area contributed by atoms with Crippen LogP contribution in [0.5, 0.6) is 5.75 Å². The van der Waals surface area contributed by atoms with E-state index in [1.807, 2.05) is 63.2 Å². The first-order chi connectivity index (χ1) is 16.9. The third-order valence-electron chi connectivity index (χ3n) is 6.39. The second kappa shape index (κ2) is 8.80. The summed E-state index contributed by atoms with van der Waals surface area (Å²) in [5.74, 6) is -0.890. The second-order valence-electron chi connectivity index (χ2n) is 8.71. The molecule has 1 amide bonds. The predicted molar refractivity (Wildman–Crippen MR) is 137 cm³/mol. The van der Waals surface area contributed by atoms with Crippen molar-refractivity contribution in [2.24, 2.45) is 0 Å². The number of para-hydroxylation sites is 1. The third-order valence-corrected chi connectivity index (χ3v) is 6.39. The van der Waals surface area contributed by atoms with Gasteiger partial charge in [0, 0.05) is 33.9 Å². The van der Waals surface area contributed by atoms with Gasteiger partial charge in [-0.3, -0.25) is 14.5 Å². The Kier molecular flexibility index (Phi) is 5.65. The number of aliphatic hydroxyl groups excluding tert-OH is 1. The summed E-state index contributed by atoms with van der Waals surface area (Å²) in [6.45, 7) is 6.24. The van der Waals surface area contributed by atoms with Gasteiger partial charge in [-0.2, -0.15) is 0 Å². The van der Waals surface area contributed by atoms with Gasteiger partial charge in [0.25, 0.3) is 11.7 Å². The van der Waals surface area contributed by atoms with Crippen molar-refractivity contribution in [3.8, 4) is 5.75 Å². The van der Waals surface area contributed by atoms with Gasteiger partial charge in [-0.05, 0) is 68.3 Å². The average Bonchev–Trinajstić information content (AvgIpc) is 3.38. The number of nitrogens with zero attached hydrogens (tertiary/aromatic N) is 1. The van der Waals surface area contributed by atoms with Crippen LogP contribution in [0.1, 0.15) is 35.2 Å². The standard InChI is InChI=1S/C29H26N2O4/c1-4-35-24-13-12-19(15-18(24)3)27(32)25-26(22-16-30-23-11-6-5-10-21(22)23)31(29(34)28(25)33)20-9-7-8-17(2)14-20/h5-16,26,30,32H,4H2,1-3H3/b27-25+. The van der Waals surface area contributed by atoms with Gasteiger partial charge in [0.05, 0.1) is 18.2 Å². The molecule has 1 saturated heterocycles. The number of aliphatic hydroxyl groups is 1. The number of ether oxygens (including phenoxy) is 1. The Morgan fingerprint density at radius 2 is 1.83 bits per heavy atom. The highest BCUT2D eigenvalue weighted by atomic mass is 16.5. The lowest BCUT2D eigenvalue weighted by molar-refractivity contribution is -0.132. The number of aromatic amines is 1. The molecule has 0 spiro atoms. The van der Waals surface area contributed by atoms with Crippen molar-refractivity contribution in [1.82, 2.24) is 4.98 Å². The molecular weight excluding hydrogens is 440 g/mol. The van der Waals surface area contributed by atoms with E-state index in [4.69, 9.17) is 4.74 Å². The summed E-state index contributed by atoms with van der Waals surface area (Å²) in [4.78, 5) is 31.6. The van der Waals surface area contributed by atoms with Gasteiger partial charge >= 0.3 is 0 Å². The molecule has 1 aliphatic heterocycles. The molecule has 1 atom stereocenters. The lowest BCUT2D eigenvalue weighted by Gasteiger charge is -2.25. The number of nitrogens with one attached hydrogen (secondary N) is 1. The number of H-pyrrole nitrogens is 1. The van der Waals surface area contributed by atoms with Crippen molar-refractivity contribution in [3.05, 3.63) is 101 Å². The maximum atomic E-state index is 13.4. The van der Waals surface area contributed by atoms with Crippen LogP contribution in [-0.4, -0.2) is 28.4 Å². The SMILES string of the molecule is CCOc1ccc(/C(O)=C2\C(=O)C(=O)N(c3cccc(C)c3)C2c2c[nH]c3ccccc23)cc1C. The number of Topliss-reactive ketones (excluding diaryl/α,β-unsaturated/α-hetero) is 1. The number of hydrogen-bond acceptors (Lipinski definition) is 4. The minimum atomic E-state index is -0.792. The molecule has 1 fully saturated rings. The van der Waals surface area contributed by atoms with Crippen LogP contribution in [0, 0.1) is 13.8 Å². The predicted octanol–water partition coefficient (Wildman–Crippen LogP) is 5.81. The van der Waals surface area contributed by atoms with Crippen molar-refractivity contribution >= 4 is 34.0 Å². The molecule has 0 bridgehead atoms. The molecule has 6 heteroatoms. The summed E-state index contributed by atoms with van der Waals surface area (Å²) >= 11 is 0. The molecule has 1 aliphatic rings. The number of aromatic nitrogens is 1. The Bertz CT molecular complexity index is 1500.